The van der Waals surface area contributed by atoms with Crippen molar-refractivity contribution < 1.29 is 0 Å². The van der Waals surface area contributed by atoms with Gasteiger partial charge in [0.05, 0.1) is 0 Å². The van der Waals surface area contributed by atoms with Gasteiger partial charge in [0.25, 0.3) is 0 Å². The summed E-state index contributed by atoms with van der Waals surface area (Å²) in [4.78, 5) is 0. The van der Waals surface area contributed by atoms with E-state index in [-0.39, 0.29) is 0 Å². The van der Waals surface area contributed by atoms with Gasteiger partial charge in [-0.05, 0) is 68.6 Å². The van der Waals surface area contributed by atoms with Crippen molar-refractivity contribution in [2.45, 2.75) is 59.8 Å². The fourth-order valence-electron chi connectivity index (χ4n) is 4.95. The number of hydrogen-bond acceptors (Lipinski definition) is 0. The van der Waals surface area contributed by atoms with Gasteiger partial charge in [-0.25, -0.2) is 0 Å². The molecule has 0 saturated heterocycles. The van der Waals surface area contributed by atoms with Crippen LogP contribution in [0.5, 0.6) is 0 Å². The molecule has 3 rings (SSSR count). The van der Waals surface area contributed by atoms with Crippen molar-refractivity contribution in [1.82, 2.24) is 0 Å². The fraction of sp³-hybridized carbons (Fsp3) is 0.867. The molecule has 0 nitrogen and oxygen atoms in total. The van der Waals surface area contributed by atoms with Crippen LogP contribution in [0.25, 0.3) is 0 Å². The Morgan fingerprint density at radius 1 is 1.00 bits per heavy atom. The lowest BCUT2D eigenvalue weighted by Crippen LogP contribution is -2.32. The second-order valence-corrected chi connectivity index (χ2v) is 7.11. The minimum absolute atomic E-state index is 0.666. The van der Waals surface area contributed by atoms with Crippen LogP contribution in [0, 0.1) is 22.7 Å². The molecule has 0 N–H and O–H groups in total. The first-order valence-corrected chi connectivity index (χ1v) is 6.64. The van der Waals surface area contributed by atoms with Crippen LogP contribution in [-0.2, 0) is 0 Å². The van der Waals surface area contributed by atoms with E-state index in [0.717, 1.165) is 11.8 Å². The van der Waals surface area contributed by atoms with E-state index < -0.39 is 0 Å². The third-order valence-electron chi connectivity index (χ3n) is 5.95. The summed E-state index contributed by atoms with van der Waals surface area (Å²) < 4.78 is 0. The van der Waals surface area contributed by atoms with E-state index in [9.17, 15) is 0 Å². The van der Waals surface area contributed by atoms with Crippen molar-refractivity contribution >= 4 is 0 Å². The van der Waals surface area contributed by atoms with Crippen LogP contribution in [0.1, 0.15) is 59.8 Å². The highest BCUT2D eigenvalue weighted by Gasteiger charge is 2.59. The van der Waals surface area contributed by atoms with Gasteiger partial charge >= 0.3 is 0 Å². The lowest BCUT2D eigenvalue weighted by Gasteiger charge is -2.42. The summed E-state index contributed by atoms with van der Waals surface area (Å²) in [5.74, 6) is 1.89. The average molecular weight is 204 g/mol. The number of allylic oxidation sites excluding steroid dienone is 2. The molecule has 0 radical (unpaired) electrons. The molecule has 0 spiro atoms. The zero-order chi connectivity index (χ0) is 10.8. The molecule has 0 aromatic heterocycles. The van der Waals surface area contributed by atoms with E-state index in [1.807, 2.05) is 5.57 Å². The molecule has 0 heterocycles. The Morgan fingerprint density at radius 3 is 2.33 bits per heavy atom. The van der Waals surface area contributed by atoms with Gasteiger partial charge in [-0.3, -0.25) is 0 Å². The predicted molar refractivity (Wildman–Crippen MR) is 64.7 cm³/mol. The minimum atomic E-state index is 0.666. The Hall–Kier alpha value is -0.260. The SMILES string of the molecule is CC(C)=C1C2CC3(C)CCC2(C)CCC13. The molecule has 15 heavy (non-hydrogen) atoms. The monoisotopic (exact) mass is 204 g/mol. The van der Waals surface area contributed by atoms with E-state index in [1.54, 1.807) is 5.57 Å². The fourth-order valence-corrected chi connectivity index (χ4v) is 4.95. The summed E-state index contributed by atoms with van der Waals surface area (Å²) in [7, 11) is 0. The zero-order valence-corrected chi connectivity index (χ0v) is 10.7. The predicted octanol–water partition coefficient (Wildman–Crippen LogP) is 4.56. The Bertz CT molecular complexity index is 330. The van der Waals surface area contributed by atoms with Crippen molar-refractivity contribution in [1.29, 1.82) is 0 Å². The maximum atomic E-state index is 2.56. The zero-order valence-electron chi connectivity index (χ0n) is 10.7. The molecule has 4 unspecified atom stereocenters. The maximum Gasteiger partial charge on any atom is -0.0138 e. The highest BCUT2D eigenvalue weighted by molar-refractivity contribution is 5.32. The quantitative estimate of drug-likeness (QED) is 0.507. The molecule has 0 amide bonds. The van der Waals surface area contributed by atoms with Crippen LogP contribution < -0.4 is 0 Å². The van der Waals surface area contributed by atoms with Gasteiger partial charge in [0.2, 0.25) is 0 Å². The van der Waals surface area contributed by atoms with E-state index >= 15 is 0 Å². The Morgan fingerprint density at radius 2 is 1.67 bits per heavy atom. The molecular formula is C15H24. The van der Waals surface area contributed by atoms with Crippen LogP contribution >= 0.6 is 0 Å². The van der Waals surface area contributed by atoms with E-state index in [1.165, 1.54) is 32.1 Å². The summed E-state index contributed by atoms with van der Waals surface area (Å²) in [5.41, 5.74) is 4.86. The molecule has 3 bridgehead atoms. The molecule has 3 aliphatic carbocycles. The third-order valence-corrected chi connectivity index (χ3v) is 5.95. The first-order valence-electron chi connectivity index (χ1n) is 6.64. The topological polar surface area (TPSA) is 0 Å². The van der Waals surface area contributed by atoms with E-state index in [2.05, 4.69) is 27.7 Å². The summed E-state index contributed by atoms with van der Waals surface area (Å²) in [6, 6.07) is 0. The van der Waals surface area contributed by atoms with Gasteiger partial charge in [0, 0.05) is 0 Å². The molecule has 0 aliphatic heterocycles. The standard InChI is InChI=1S/C15H24/c1-10(2)13-11-5-6-14(3)7-8-15(11,4)9-12(13)14/h11-12H,5-9H2,1-4H3. The first-order chi connectivity index (χ1) is 6.96. The number of hydrogen-bond donors (Lipinski definition) is 0. The first kappa shape index (κ1) is 9.93. The molecular weight excluding hydrogens is 180 g/mol. The molecule has 0 heteroatoms. The van der Waals surface area contributed by atoms with Gasteiger partial charge in [-0.2, -0.15) is 0 Å². The van der Waals surface area contributed by atoms with Crippen LogP contribution in [0.3, 0.4) is 0 Å². The average Bonchev–Trinajstić information content (AvgIpc) is 2.28. The lowest BCUT2D eigenvalue weighted by atomic mass is 9.62. The Kier molecular flexibility index (Phi) is 1.79. The van der Waals surface area contributed by atoms with Crippen LogP contribution in [0.2, 0.25) is 0 Å². The molecule has 3 saturated carbocycles. The molecule has 3 aliphatic rings. The minimum Gasteiger partial charge on any atom is -0.0766 e. The summed E-state index contributed by atoms with van der Waals surface area (Å²) in [5, 5.41) is 0. The van der Waals surface area contributed by atoms with Crippen LogP contribution in [0.15, 0.2) is 11.1 Å². The summed E-state index contributed by atoms with van der Waals surface area (Å²) in [6.45, 7) is 9.81. The maximum absolute atomic E-state index is 2.56. The van der Waals surface area contributed by atoms with Crippen molar-refractivity contribution in [2.24, 2.45) is 22.7 Å². The highest BCUT2D eigenvalue weighted by atomic mass is 14.6. The Labute approximate surface area is 94.1 Å². The normalized spacial score (nSPS) is 52.4. The summed E-state index contributed by atoms with van der Waals surface area (Å²) in [6.07, 6.45) is 7.44. The van der Waals surface area contributed by atoms with Crippen molar-refractivity contribution in [2.75, 3.05) is 0 Å². The third kappa shape index (κ3) is 1.09. The molecule has 84 valence electrons. The smallest absolute Gasteiger partial charge is 0.0138 e. The van der Waals surface area contributed by atoms with Crippen molar-refractivity contribution in [3.8, 4) is 0 Å². The molecule has 3 fully saturated rings. The number of rotatable bonds is 0. The molecule has 0 aromatic rings. The number of fused-ring (bicyclic) bond motifs is 3. The Balaban J connectivity index is 2.16. The van der Waals surface area contributed by atoms with Gasteiger partial charge in [0.1, 0.15) is 0 Å². The lowest BCUT2D eigenvalue weighted by molar-refractivity contribution is 0.109. The molecule has 4 atom stereocenters. The largest absolute Gasteiger partial charge is 0.0766 e. The van der Waals surface area contributed by atoms with Crippen molar-refractivity contribution in [3.05, 3.63) is 11.1 Å². The van der Waals surface area contributed by atoms with Crippen molar-refractivity contribution in [3.63, 3.8) is 0 Å². The van der Waals surface area contributed by atoms with E-state index in [0.29, 0.717) is 10.8 Å². The summed E-state index contributed by atoms with van der Waals surface area (Å²) >= 11 is 0. The van der Waals surface area contributed by atoms with Crippen LogP contribution in [0.4, 0.5) is 0 Å². The molecule has 0 aromatic carbocycles. The van der Waals surface area contributed by atoms with Crippen LogP contribution in [-0.4, -0.2) is 0 Å². The second-order valence-electron chi connectivity index (χ2n) is 7.11. The second kappa shape index (κ2) is 2.70. The van der Waals surface area contributed by atoms with Gasteiger partial charge in [-0.15, -0.1) is 0 Å². The van der Waals surface area contributed by atoms with Gasteiger partial charge in [-0.1, -0.05) is 25.0 Å². The van der Waals surface area contributed by atoms with E-state index in [4.69, 9.17) is 0 Å². The van der Waals surface area contributed by atoms with Gasteiger partial charge in [0.15, 0.2) is 0 Å². The highest BCUT2D eigenvalue weighted by Crippen LogP contribution is 2.70. The van der Waals surface area contributed by atoms with Gasteiger partial charge < -0.3 is 0 Å².